The molecule has 0 aliphatic carbocycles. The Balaban J connectivity index is 2.23. The van der Waals surface area contributed by atoms with Gasteiger partial charge in [-0.1, -0.05) is 12.1 Å². The maximum atomic E-state index is 13.0. The summed E-state index contributed by atoms with van der Waals surface area (Å²) >= 11 is 0. The van der Waals surface area contributed by atoms with Gasteiger partial charge in [-0.05, 0) is 44.9 Å². The molecule has 0 saturated carbocycles. The van der Waals surface area contributed by atoms with Gasteiger partial charge in [0.25, 0.3) is 0 Å². The lowest BCUT2D eigenvalue weighted by molar-refractivity contribution is -0.142. The summed E-state index contributed by atoms with van der Waals surface area (Å²) in [6.45, 7) is 5.49. The second-order valence-corrected chi connectivity index (χ2v) is 6.40. The molecule has 1 saturated heterocycles. The number of nitrogens with zero attached hydrogens (tertiary/aromatic N) is 1. The van der Waals surface area contributed by atoms with E-state index >= 15 is 0 Å². The molecule has 6 heteroatoms. The summed E-state index contributed by atoms with van der Waals surface area (Å²) in [6.07, 6.45) is -0.133. The summed E-state index contributed by atoms with van der Waals surface area (Å²) in [6, 6.07) is 4.72. The summed E-state index contributed by atoms with van der Waals surface area (Å²) in [4.78, 5) is 25.0. The SMILES string of the molecule is CC(C)(C)OC(=O)N1CC[C@H](c2ccc(F)cc2)[C@@H]1C(=O)O. The molecule has 1 aliphatic heterocycles. The fourth-order valence-electron chi connectivity index (χ4n) is 2.68. The molecule has 1 fully saturated rings. The lowest BCUT2D eigenvalue weighted by Gasteiger charge is -2.28. The van der Waals surface area contributed by atoms with Crippen molar-refractivity contribution < 1.29 is 23.8 Å². The van der Waals surface area contributed by atoms with E-state index in [-0.39, 0.29) is 11.7 Å². The number of carbonyl (C=O) groups excluding carboxylic acids is 1. The summed E-state index contributed by atoms with van der Waals surface area (Å²) in [5.74, 6) is -1.83. The average molecular weight is 309 g/mol. The van der Waals surface area contributed by atoms with Gasteiger partial charge in [0.2, 0.25) is 0 Å². The first-order valence-corrected chi connectivity index (χ1v) is 7.17. The molecule has 1 aromatic carbocycles. The van der Waals surface area contributed by atoms with Crippen LogP contribution in [0.15, 0.2) is 24.3 Å². The van der Waals surface area contributed by atoms with E-state index in [9.17, 15) is 19.1 Å². The highest BCUT2D eigenvalue weighted by molar-refractivity contribution is 5.82. The number of carboxylic acid groups (broad SMARTS) is 1. The zero-order chi connectivity index (χ0) is 16.5. The quantitative estimate of drug-likeness (QED) is 0.912. The molecule has 0 spiro atoms. The third-order valence-electron chi connectivity index (χ3n) is 3.58. The monoisotopic (exact) mass is 309 g/mol. The van der Waals surface area contributed by atoms with Crippen LogP contribution in [0.4, 0.5) is 9.18 Å². The molecule has 1 heterocycles. The highest BCUT2D eigenvalue weighted by Crippen LogP contribution is 2.34. The third-order valence-corrected chi connectivity index (χ3v) is 3.58. The van der Waals surface area contributed by atoms with E-state index in [1.54, 1.807) is 32.9 Å². The van der Waals surface area contributed by atoms with E-state index in [1.807, 2.05) is 0 Å². The number of likely N-dealkylation sites (tertiary alicyclic amines) is 1. The Labute approximate surface area is 128 Å². The van der Waals surface area contributed by atoms with Crippen molar-refractivity contribution in [1.29, 1.82) is 0 Å². The number of carbonyl (C=O) groups is 2. The van der Waals surface area contributed by atoms with E-state index in [1.165, 1.54) is 17.0 Å². The molecular weight excluding hydrogens is 289 g/mol. The number of hydrogen-bond acceptors (Lipinski definition) is 3. The number of ether oxygens (including phenoxy) is 1. The Hall–Kier alpha value is -2.11. The number of benzene rings is 1. The number of halogens is 1. The molecule has 0 radical (unpaired) electrons. The van der Waals surface area contributed by atoms with Crippen LogP contribution in [0.5, 0.6) is 0 Å². The first kappa shape index (κ1) is 16.3. The van der Waals surface area contributed by atoms with Crippen molar-refractivity contribution in [2.45, 2.75) is 44.8 Å². The van der Waals surface area contributed by atoms with Crippen LogP contribution in [0, 0.1) is 5.82 Å². The number of rotatable bonds is 2. The van der Waals surface area contributed by atoms with Crippen molar-refractivity contribution in [3.63, 3.8) is 0 Å². The molecule has 0 aromatic heterocycles. The highest BCUT2D eigenvalue weighted by atomic mass is 19.1. The maximum Gasteiger partial charge on any atom is 0.411 e. The average Bonchev–Trinajstić information content (AvgIpc) is 2.82. The topological polar surface area (TPSA) is 66.8 Å². The Morgan fingerprint density at radius 3 is 2.36 bits per heavy atom. The molecular formula is C16H20FNO4. The first-order chi connectivity index (χ1) is 10.2. The fourth-order valence-corrected chi connectivity index (χ4v) is 2.68. The molecule has 2 atom stereocenters. The van der Waals surface area contributed by atoms with Crippen LogP contribution in [0.3, 0.4) is 0 Å². The van der Waals surface area contributed by atoms with Crippen molar-refractivity contribution in [3.05, 3.63) is 35.6 Å². The van der Waals surface area contributed by atoms with Crippen LogP contribution in [-0.4, -0.2) is 40.3 Å². The lowest BCUT2D eigenvalue weighted by atomic mass is 9.92. The number of carboxylic acids is 1. The molecule has 22 heavy (non-hydrogen) atoms. The summed E-state index contributed by atoms with van der Waals surface area (Å²) in [7, 11) is 0. The van der Waals surface area contributed by atoms with Gasteiger partial charge < -0.3 is 9.84 Å². The first-order valence-electron chi connectivity index (χ1n) is 7.17. The van der Waals surface area contributed by atoms with Gasteiger partial charge in [0, 0.05) is 12.5 Å². The van der Waals surface area contributed by atoms with E-state index in [0.29, 0.717) is 18.5 Å². The van der Waals surface area contributed by atoms with Crippen LogP contribution in [-0.2, 0) is 9.53 Å². The van der Waals surface area contributed by atoms with Gasteiger partial charge >= 0.3 is 12.1 Å². The highest BCUT2D eigenvalue weighted by Gasteiger charge is 2.44. The molecule has 0 unspecified atom stereocenters. The lowest BCUT2D eigenvalue weighted by Crippen LogP contribution is -2.45. The zero-order valence-corrected chi connectivity index (χ0v) is 12.9. The van der Waals surface area contributed by atoms with Crippen LogP contribution in [0.1, 0.15) is 38.7 Å². The smallest absolute Gasteiger partial charge is 0.411 e. The Bertz CT molecular complexity index is 565. The number of amides is 1. The normalized spacial score (nSPS) is 21.7. The second-order valence-electron chi connectivity index (χ2n) is 6.40. The molecule has 1 N–H and O–H groups in total. The predicted octanol–water partition coefficient (Wildman–Crippen LogP) is 3.00. The van der Waals surface area contributed by atoms with Gasteiger partial charge in [-0.15, -0.1) is 0 Å². The van der Waals surface area contributed by atoms with Crippen molar-refractivity contribution in [2.75, 3.05) is 6.54 Å². The van der Waals surface area contributed by atoms with Crippen LogP contribution in [0.2, 0.25) is 0 Å². The molecule has 1 amide bonds. The zero-order valence-electron chi connectivity index (χ0n) is 12.9. The maximum absolute atomic E-state index is 13.0. The van der Waals surface area contributed by atoms with Gasteiger partial charge in [-0.2, -0.15) is 0 Å². The van der Waals surface area contributed by atoms with Gasteiger partial charge in [-0.3, -0.25) is 4.90 Å². The van der Waals surface area contributed by atoms with Gasteiger partial charge in [0.15, 0.2) is 0 Å². The molecule has 0 bridgehead atoms. The van der Waals surface area contributed by atoms with Crippen LogP contribution >= 0.6 is 0 Å². The molecule has 120 valence electrons. The second kappa shape index (κ2) is 5.94. The standard InChI is InChI=1S/C16H20FNO4/c1-16(2,3)22-15(21)18-9-8-12(13(18)14(19)20)10-4-6-11(17)7-5-10/h4-7,12-13H,8-9H2,1-3H3,(H,19,20)/t12-,13-/m1/s1. The molecule has 5 nitrogen and oxygen atoms in total. The van der Waals surface area contributed by atoms with E-state index < -0.39 is 23.7 Å². The predicted molar refractivity (Wildman–Crippen MR) is 78.1 cm³/mol. The summed E-state index contributed by atoms with van der Waals surface area (Å²) in [5.41, 5.74) is 0.0218. The Kier molecular flexibility index (Phi) is 4.39. The number of aliphatic carboxylic acids is 1. The minimum atomic E-state index is -1.09. The van der Waals surface area contributed by atoms with Crippen molar-refractivity contribution in [2.24, 2.45) is 0 Å². The minimum absolute atomic E-state index is 0.300. The number of hydrogen-bond donors (Lipinski definition) is 1. The van der Waals surface area contributed by atoms with Gasteiger partial charge in [-0.25, -0.2) is 14.0 Å². The van der Waals surface area contributed by atoms with Crippen LogP contribution in [0.25, 0.3) is 0 Å². The van der Waals surface area contributed by atoms with Crippen molar-refractivity contribution in [1.82, 2.24) is 4.90 Å². The van der Waals surface area contributed by atoms with Crippen molar-refractivity contribution >= 4 is 12.1 Å². The fraction of sp³-hybridized carbons (Fsp3) is 0.500. The summed E-state index contributed by atoms with van der Waals surface area (Å²) < 4.78 is 18.3. The Morgan fingerprint density at radius 1 is 1.27 bits per heavy atom. The summed E-state index contributed by atoms with van der Waals surface area (Å²) in [5, 5.41) is 9.49. The van der Waals surface area contributed by atoms with Crippen LogP contribution < -0.4 is 0 Å². The molecule has 1 aliphatic rings. The van der Waals surface area contributed by atoms with Gasteiger partial charge in [0.1, 0.15) is 17.5 Å². The molecule has 2 rings (SSSR count). The van der Waals surface area contributed by atoms with Gasteiger partial charge in [0.05, 0.1) is 0 Å². The minimum Gasteiger partial charge on any atom is -0.480 e. The third kappa shape index (κ3) is 3.55. The molecule has 1 aromatic rings. The van der Waals surface area contributed by atoms with E-state index in [2.05, 4.69) is 0 Å². The van der Waals surface area contributed by atoms with E-state index in [0.717, 1.165) is 0 Å². The largest absolute Gasteiger partial charge is 0.480 e. The Morgan fingerprint density at radius 2 is 1.86 bits per heavy atom. The van der Waals surface area contributed by atoms with Crippen molar-refractivity contribution in [3.8, 4) is 0 Å². The van der Waals surface area contributed by atoms with E-state index in [4.69, 9.17) is 4.74 Å².